The summed E-state index contributed by atoms with van der Waals surface area (Å²) in [6, 6.07) is 8.24. The zero-order chi connectivity index (χ0) is 18.0. The number of halogens is 1. The number of hydrogen-bond acceptors (Lipinski definition) is 3. The van der Waals surface area contributed by atoms with Crippen molar-refractivity contribution in [2.24, 2.45) is 0 Å². The second kappa shape index (κ2) is 7.70. The summed E-state index contributed by atoms with van der Waals surface area (Å²) in [5.41, 5.74) is 3.68. The molecule has 3 rings (SSSR count). The lowest BCUT2D eigenvalue weighted by Gasteiger charge is -2.36. The molecule has 0 N–H and O–H groups in total. The molecular weight excluding hydrogens is 380 g/mol. The standard InChI is InChI=1S/C19H25BrN4O/c1-14-6-4-5-7-17(14)13-22-8-10-23(11-9-22)19(25)16(3)24-15(2)18(20)12-21-24/h4-7,12,16H,8-11,13H2,1-3H3. The van der Waals surface area contributed by atoms with Crippen molar-refractivity contribution in [3.63, 3.8) is 0 Å². The molecule has 1 atom stereocenters. The molecule has 1 amide bonds. The summed E-state index contributed by atoms with van der Waals surface area (Å²) in [4.78, 5) is 17.2. The van der Waals surface area contributed by atoms with E-state index in [2.05, 4.69) is 57.1 Å². The summed E-state index contributed by atoms with van der Waals surface area (Å²) in [7, 11) is 0. The Morgan fingerprint density at radius 2 is 1.88 bits per heavy atom. The lowest BCUT2D eigenvalue weighted by Crippen LogP contribution is -2.50. The van der Waals surface area contributed by atoms with Gasteiger partial charge in [-0.15, -0.1) is 0 Å². The molecule has 0 radical (unpaired) electrons. The Labute approximate surface area is 157 Å². The van der Waals surface area contributed by atoms with Crippen molar-refractivity contribution in [2.45, 2.75) is 33.4 Å². The molecule has 2 heterocycles. The second-order valence-electron chi connectivity index (χ2n) is 6.73. The fourth-order valence-electron chi connectivity index (χ4n) is 3.32. The average molecular weight is 405 g/mol. The van der Waals surface area contributed by atoms with Crippen LogP contribution in [0.25, 0.3) is 0 Å². The molecule has 134 valence electrons. The Bertz CT molecular complexity index is 750. The van der Waals surface area contributed by atoms with Gasteiger partial charge in [0.25, 0.3) is 0 Å². The van der Waals surface area contributed by atoms with Gasteiger partial charge in [0.1, 0.15) is 6.04 Å². The molecule has 1 aromatic heterocycles. The normalized spacial score (nSPS) is 16.9. The summed E-state index contributed by atoms with van der Waals surface area (Å²) < 4.78 is 2.74. The largest absolute Gasteiger partial charge is 0.338 e. The van der Waals surface area contributed by atoms with Crippen molar-refractivity contribution in [1.29, 1.82) is 0 Å². The number of carbonyl (C=O) groups excluding carboxylic acids is 1. The topological polar surface area (TPSA) is 41.4 Å². The molecule has 1 aromatic carbocycles. The number of aryl methyl sites for hydroxylation is 1. The van der Waals surface area contributed by atoms with Gasteiger partial charge in [-0.2, -0.15) is 5.10 Å². The highest BCUT2D eigenvalue weighted by atomic mass is 79.9. The van der Waals surface area contributed by atoms with Crippen LogP contribution < -0.4 is 0 Å². The minimum atomic E-state index is -0.269. The summed E-state index contributed by atoms with van der Waals surface area (Å²) >= 11 is 3.46. The van der Waals surface area contributed by atoms with Gasteiger partial charge in [-0.25, -0.2) is 0 Å². The van der Waals surface area contributed by atoms with Crippen LogP contribution in [0.3, 0.4) is 0 Å². The highest BCUT2D eigenvalue weighted by molar-refractivity contribution is 9.10. The molecule has 25 heavy (non-hydrogen) atoms. The van der Waals surface area contributed by atoms with Crippen molar-refractivity contribution in [3.05, 3.63) is 51.8 Å². The van der Waals surface area contributed by atoms with Crippen LogP contribution in [0.2, 0.25) is 0 Å². The van der Waals surface area contributed by atoms with Crippen LogP contribution in [0.5, 0.6) is 0 Å². The molecule has 1 fully saturated rings. The number of hydrogen-bond donors (Lipinski definition) is 0. The molecule has 5 nitrogen and oxygen atoms in total. The van der Waals surface area contributed by atoms with Gasteiger partial charge < -0.3 is 4.90 Å². The number of benzene rings is 1. The van der Waals surface area contributed by atoms with Crippen LogP contribution in [-0.4, -0.2) is 51.7 Å². The van der Waals surface area contributed by atoms with Crippen LogP contribution in [0.15, 0.2) is 34.9 Å². The number of piperazine rings is 1. The first kappa shape index (κ1) is 18.1. The molecule has 0 saturated carbocycles. The molecule has 2 aromatic rings. The number of rotatable bonds is 4. The Morgan fingerprint density at radius 3 is 2.48 bits per heavy atom. The Hall–Kier alpha value is -1.66. The van der Waals surface area contributed by atoms with E-state index in [4.69, 9.17) is 0 Å². The predicted octanol–water partition coefficient (Wildman–Crippen LogP) is 3.17. The van der Waals surface area contributed by atoms with Gasteiger partial charge in [0.2, 0.25) is 5.91 Å². The fourth-order valence-corrected chi connectivity index (χ4v) is 3.59. The van der Waals surface area contributed by atoms with Gasteiger partial charge in [0.05, 0.1) is 16.4 Å². The van der Waals surface area contributed by atoms with Gasteiger partial charge in [-0.3, -0.25) is 14.4 Å². The monoisotopic (exact) mass is 404 g/mol. The quantitative estimate of drug-likeness (QED) is 0.785. The third-order valence-corrected chi connectivity index (χ3v) is 5.83. The van der Waals surface area contributed by atoms with E-state index in [1.807, 2.05) is 18.7 Å². The summed E-state index contributed by atoms with van der Waals surface area (Å²) in [5, 5.41) is 4.32. The summed E-state index contributed by atoms with van der Waals surface area (Å²) in [6.07, 6.45) is 1.75. The third kappa shape index (κ3) is 3.96. The summed E-state index contributed by atoms with van der Waals surface area (Å²) in [6.45, 7) is 10.4. The first-order valence-corrected chi connectivity index (χ1v) is 9.52. The number of carbonyl (C=O) groups is 1. The number of nitrogens with zero attached hydrogens (tertiary/aromatic N) is 4. The maximum absolute atomic E-state index is 12.8. The van der Waals surface area contributed by atoms with E-state index < -0.39 is 0 Å². The molecule has 0 spiro atoms. The maximum Gasteiger partial charge on any atom is 0.247 e. The smallest absolute Gasteiger partial charge is 0.247 e. The highest BCUT2D eigenvalue weighted by Gasteiger charge is 2.27. The molecule has 6 heteroatoms. The molecule has 0 bridgehead atoms. The molecule has 1 saturated heterocycles. The van der Waals surface area contributed by atoms with E-state index in [0.717, 1.165) is 42.9 Å². The van der Waals surface area contributed by atoms with Crippen molar-refractivity contribution in [1.82, 2.24) is 19.6 Å². The number of aromatic nitrogens is 2. The lowest BCUT2D eigenvalue weighted by atomic mass is 10.1. The third-order valence-electron chi connectivity index (χ3n) is 5.05. The van der Waals surface area contributed by atoms with E-state index in [0.29, 0.717) is 0 Å². The molecule has 1 unspecified atom stereocenters. The first-order chi connectivity index (χ1) is 12.0. The minimum Gasteiger partial charge on any atom is -0.338 e. The van der Waals surface area contributed by atoms with Crippen LogP contribution in [-0.2, 0) is 11.3 Å². The lowest BCUT2D eigenvalue weighted by molar-refractivity contribution is -0.136. The Balaban J connectivity index is 1.57. The second-order valence-corrected chi connectivity index (χ2v) is 7.58. The van der Waals surface area contributed by atoms with E-state index >= 15 is 0 Å². The fraction of sp³-hybridized carbons (Fsp3) is 0.474. The highest BCUT2D eigenvalue weighted by Crippen LogP contribution is 2.20. The van der Waals surface area contributed by atoms with Crippen molar-refractivity contribution >= 4 is 21.8 Å². The predicted molar refractivity (Wildman–Crippen MR) is 102 cm³/mol. The first-order valence-electron chi connectivity index (χ1n) is 8.72. The average Bonchev–Trinajstić information content (AvgIpc) is 2.95. The van der Waals surface area contributed by atoms with Gasteiger partial charge in [-0.1, -0.05) is 24.3 Å². The van der Waals surface area contributed by atoms with E-state index in [1.165, 1.54) is 11.1 Å². The van der Waals surface area contributed by atoms with E-state index in [1.54, 1.807) is 10.9 Å². The van der Waals surface area contributed by atoms with Crippen LogP contribution in [0, 0.1) is 13.8 Å². The number of amides is 1. The van der Waals surface area contributed by atoms with Gasteiger partial charge >= 0.3 is 0 Å². The molecule has 1 aliphatic heterocycles. The SMILES string of the molecule is Cc1ccccc1CN1CCN(C(=O)C(C)n2ncc(Br)c2C)CC1. The zero-order valence-electron chi connectivity index (χ0n) is 15.1. The Kier molecular flexibility index (Phi) is 5.59. The van der Waals surface area contributed by atoms with Crippen molar-refractivity contribution in [3.8, 4) is 0 Å². The zero-order valence-corrected chi connectivity index (χ0v) is 16.7. The summed E-state index contributed by atoms with van der Waals surface area (Å²) in [5.74, 6) is 0.147. The van der Waals surface area contributed by atoms with Gasteiger partial charge in [0, 0.05) is 32.7 Å². The van der Waals surface area contributed by atoms with Crippen LogP contribution in [0.1, 0.15) is 29.8 Å². The maximum atomic E-state index is 12.8. The van der Waals surface area contributed by atoms with Gasteiger partial charge in [-0.05, 0) is 47.8 Å². The van der Waals surface area contributed by atoms with E-state index in [9.17, 15) is 4.79 Å². The van der Waals surface area contributed by atoms with Gasteiger partial charge in [0.15, 0.2) is 0 Å². The van der Waals surface area contributed by atoms with Crippen molar-refractivity contribution in [2.75, 3.05) is 26.2 Å². The van der Waals surface area contributed by atoms with Crippen molar-refractivity contribution < 1.29 is 4.79 Å². The minimum absolute atomic E-state index is 0.147. The molecular formula is C19H25BrN4O. The molecule has 1 aliphatic rings. The van der Waals surface area contributed by atoms with E-state index in [-0.39, 0.29) is 11.9 Å². The van der Waals surface area contributed by atoms with Crippen LogP contribution in [0.4, 0.5) is 0 Å². The molecule has 0 aliphatic carbocycles. The van der Waals surface area contributed by atoms with Crippen LogP contribution >= 0.6 is 15.9 Å². The Morgan fingerprint density at radius 1 is 1.20 bits per heavy atom.